The Morgan fingerprint density at radius 1 is 1.24 bits per heavy atom. The second kappa shape index (κ2) is 14.4. The van der Waals surface area contributed by atoms with Crippen molar-refractivity contribution in [2.75, 3.05) is 26.9 Å². The fourth-order valence-electron chi connectivity index (χ4n) is 5.02. The van der Waals surface area contributed by atoms with E-state index in [4.69, 9.17) is 14.2 Å². The highest BCUT2D eigenvalue weighted by molar-refractivity contribution is 14.1. The Labute approximate surface area is 251 Å². The van der Waals surface area contributed by atoms with Gasteiger partial charge in [0.2, 0.25) is 5.91 Å². The average molecular weight is 684 g/mol. The Morgan fingerprint density at radius 3 is 2.68 bits per heavy atom. The lowest BCUT2D eigenvalue weighted by Gasteiger charge is -2.41. The van der Waals surface area contributed by atoms with Crippen molar-refractivity contribution in [1.29, 1.82) is 0 Å². The Bertz CT molecular complexity index is 1270. The Hall–Kier alpha value is -2.78. The average Bonchev–Trinajstić information content (AvgIpc) is 3.52. The van der Waals surface area contributed by atoms with Crippen molar-refractivity contribution in [3.05, 3.63) is 68.6 Å². The lowest BCUT2D eigenvalue weighted by molar-refractivity contribution is -0.149. The second-order valence-corrected chi connectivity index (χ2v) is 11.0. The van der Waals surface area contributed by atoms with Crippen molar-refractivity contribution < 1.29 is 43.5 Å². The van der Waals surface area contributed by atoms with E-state index in [1.807, 2.05) is 22.6 Å². The number of aliphatic hydroxyl groups excluding tert-OH is 3. The molecule has 2 aromatic carbocycles. The summed E-state index contributed by atoms with van der Waals surface area (Å²) in [5, 5.41) is 33.1. The summed E-state index contributed by atoms with van der Waals surface area (Å²) in [5.41, 5.74) is 1.08. The van der Waals surface area contributed by atoms with Gasteiger partial charge in [0, 0.05) is 37.3 Å². The number of carbonyl (C=O) groups is 2. The van der Waals surface area contributed by atoms with Crippen LogP contribution in [0.1, 0.15) is 30.4 Å². The van der Waals surface area contributed by atoms with Crippen LogP contribution in [0.15, 0.2) is 48.0 Å². The fraction of sp³-hybridized carbons (Fsp3) is 0.448. The van der Waals surface area contributed by atoms with Crippen molar-refractivity contribution in [2.45, 2.75) is 56.8 Å². The van der Waals surface area contributed by atoms with Gasteiger partial charge in [-0.05, 0) is 65.3 Å². The van der Waals surface area contributed by atoms with E-state index in [-0.39, 0.29) is 49.6 Å². The molecule has 4 atom stereocenters. The van der Waals surface area contributed by atoms with Crippen LogP contribution < -0.4 is 14.8 Å². The highest BCUT2D eigenvalue weighted by Gasteiger charge is 2.43. The smallest absolute Gasteiger partial charge is 0.252 e. The number of nitrogens with zero attached hydrogens (tertiary/aromatic N) is 1. The molecule has 0 spiro atoms. The summed E-state index contributed by atoms with van der Waals surface area (Å²) in [6.07, 6.45) is -0.547. The summed E-state index contributed by atoms with van der Waals surface area (Å²) < 4.78 is 32.7. The number of benzene rings is 2. The SMILES string of the molecule is COc1cc(CO)cc(I)c1OC1C=C(C(=O)NCCO)CC(N(Cc2ccccc2F)C(=O)C2CCCO2)C1O. The predicted octanol–water partition coefficient (Wildman–Crippen LogP) is 2.05. The molecule has 1 aliphatic carbocycles. The minimum Gasteiger partial charge on any atom is -0.493 e. The molecule has 0 saturated carbocycles. The zero-order valence-electron chi connectivity index (χ0n) is 22.6. The summed E-state index contributed by atoms with van der Waals surface area (Å²) >= 11 is 2.02. The van der Waals surface area contributed by atoms with Crippen LogP contribution in [-0.4, -0.2) is 83.3 Å². The quantitative estimate of drug-likeness (QED) is 0.264. The summed E-state index contributed by atoms with van der Waals surface area (Å²) in [6, 6.07) is 8.41. The van der Waals surface area contributed by atoms with E-state index in [0.717, 1.165) is 0 Å². The highest BCUT2D eigenvalue weighted by atomic mass is 127. The van der Waals surface area contributed by atoms with E-state index in [2.05, 4.69) is 5.32 Å². The molecular formula is C29H34FIN2O8. The molecule has 10 nitrogen and oxygen atoms in total. The largest absolute Gasteiger partial charge is 0.493 e. The van der Waals surface area contributed by atoms with Crippen LogP contribution in [0, 0.1) is 9.39 Å². The van der Waals surface area contributed by atoms with Crippen molar-refractivity contribution in [3.8, 4) is 11.5 Å². The first-order valence-corrected chi connectivity index (χ1v) is 14.4. The Morgan fingerprint density at radius 2 is 2.02 bits per heavy atom. The molecule has 12 heteroatoms. The van der Waals surface area contributed by atoms with Crippen LogP contribution in [0.3, 0.4) is 0 Å². The maximum Gasteiger partial charge on any atom is 0.252 e. The highest BCUT2D eigenvalue weighted by Crippen LogP contribution is 2.37. The summed E-state index contributed by atoms with van der Waals surface area (Å²) in [7, 11) is 1.44. The van der Waals surface area contributed by atoms with Crippen LogP contribution in [0.4, 0.5) is 4.39 Å². The normalized spacial score (nSPS) is 22.1. The number of ether oxygens (including phenoxy) is 3. The standard InChI is InChI=1S/C29H34FIN2O8/c1-39-25-12-17(16-35)11-21(31)27(25)41-24-14-19(28(37)32-8-9-34)13-22(26(24)36)33(29(38)23-7-4-10-40-23)15-18-5-2-3-6-20(18)30/h2-3,5-6,11-12,14,22-24,26,34-36H,4,7-10,13,15-16H2,1H3,(H,32,37). The molecule has 2 amide bonds. The molecule has 4 unspecified atom stereocenters. The topological polar surface area (TPSA) is 138 Å². The number of rotatable bonds is 11. The monoisotopic (exact) mass is 684 g/mol. The molecule has 1 aliphatic heterocycles. The van der Waals surface area contributed by atoms with Crippen molar-refractivity contribution >= 4 is 34.4 Å². The number of hydrogen-bond acceptors (Lipinski definition) is 8. The molecule has 222 valence electrons. The Balaban J connectivity index is 1.74. The van der Waals surface area contributed by atoms with Crippen molar-refractivity contribution in [2.24, 2.45) is 0 Å². The minimum absolute atomic E-state index is 0.0110. The van der Waals surface area contributed by atoms with Gasteiger partial charge in [-0.3, -0.25) is 9.59 Å². The Kier molecular flexibility index (Phi) is 10.9. The maximum absolute atomic E-state index is 14.8. The minimum atomic E-state index is -1.32. The van der Waals surface area contributed by atoms with E-state index < -0.39 is 42.0 Å². The fourth-order valence-corrected chi connectivity index (χ4v) is 5.81. The first-order valence-electron chi connectivity index (χ1n) is 13.3. The van der Waals surface area contributed by atoms with Gasteiger partial charge >= 0.3 is 0 Å². The van der Waals surface area contributed by atoms with E-state index in [9.17, 15) is 29.3 Å². The van der Waals surface area contributed by atoms with Crippen LogP contribution in [-0.2, 0) is 27.5 Å². The first-order chi connectivity index (χ1) is 19.8. The van der Waals surface area contributed by atoms with E-state index >= 15 is 0 Å². The molecule has 1 heterocycles. The lowest BCUT2D eigenvalue weighted by atomic mass is 9.87. The van der Waals surface area contributed by atoms with Gasteiger partial charge in [0.25, 0.3) is 5.91 Å². The number of hydrogen-bond donors (Lipinski definition) is 4. The van der Waals surface area contributed by atoms with Gasteiger partial charge in [-0.1, -0.05) is 18.2 Å². The molecular weight excluding hydrogens is 650 g/mol. The molecule has 0 bridgehead atoms. The van der Waals surface area contributed by atoms with Crippen molar-refractivity contribution in [3.63, 3.8) is 0 Å². The van der Waals surface area contributed by atoms with Crippen LogP contribution in [0.25, 0.3) is 0 Å². The number of nitrogens with one attached hydrogen (secondary N) is 1. The third kappa shape index (κ3) is 7.36. The van der Waals surface area contributed by atoms with Gasteiger partial charge in [-0.25, -0.2) is 4.39 Å². The van der Waals surface area contributed by atoms with Gasteiger partial charge < -0.3 is 39.7 Å². The summed E-state index contributed by atoms with van der Waals surface area (Å²) in [4.78, 5) is 28.2. The number of methoxy groups -OCH3 is 1. The summed E-state index contributed by atoms with van der Waals surface area (Å²) in [6.45, 7) is -0.213. The number of amides is 2. The zero-order valence-corrected chi connectivity index (χ0v) is 24.8. The van der Waals surface area contributed by atoms with Gasteiger partial charge in [-0.15, -0.1) is 0 Å². The third-order valence-electron chi connectivity index (χ3n) is 7.13. The second-order valence-electron chi connectivity index (χ2n) is 9.84. The molecule has 0 aromatic heterocycles. The van der Waals surface area contributed by atoms with E-state index in [1.165, 1.54) is 24.2 Å². The predicted molar refractivity (Wildman–Crippen MR) is 155 cm³/mol. The molecule has 1 fully saturated rings. The van der Waals surface area contributed by atoms with Gasteiger partial charge in [0.1, 0.15) is 24.1 Å². The van der Waals surface area contributed by atoms with Gasteiger partial charge in [0.05, 0.1) is 29.9 Å². The van der Waals surface area contributed by atoms with E-state index in [1.54, 1.807) is 30.3 Å². The lowest BCUT2D eigenvalue weighted by Crippen LogP contribution is -2.56. The molecule has 2 aliphatic rings. The number of aliphatic hydroxyl groups is 3. The van der Waals surface area contributed by atoms with Crippen LogP contribution in [0.2, 0.25) is 0 Å². The number of carbonyl (C=O) groups excluding carboxylic acids is 2. The van der Waals surface area contributed by atoms with Crippen molar-refractivity contribution in [1.82, 2.24) is 10.2 Å². The van der Waals surface area contributed by atoms with Crippen LogP contribution in [0.5, 0.6) is 11.5 Å². The van der Waals surface area contributed by atoms with E-state index in [0.29, 0.717) is 34.3 Å². The molecule has 0 radical (unpaired) electrons. The summed E-state index contributed by atoms with van der Waals surface area (Å²) in [5.74, 6) is -0.807. The molecule has 4 N–H and O–H groups in total. The third-order valence-corrected chi connectivity index (χ3v) is 7.93. The van der Waals surface area contributed by atoms with Crippen LogP contribution >= 0.6 is 22.6 Å². The van der Waals surface area contributed by atoms with Gasteiger partial charge in [-0.2, -0.15) is 0 Å². The molecule has 4 rings (SSSR count). The zero-order chi connectivity index (χ0) is 29.5. The molecule has 2 aromatic rings. The molecule has 41 heavy (non-hydrogen) atoms. The molecule has 1 saturated heterocycles. The number of halogens is 2. The van der Waals surface area contributed by atoms with Gasteiger partial charge in [0.15, 0.2) is 11.5 Å². The first kappa shape index (κ1) is 31.2. The maximum atomic E-state index is 14.8.